The molecule has 3 aromatic rings. The normalized spacial score (nSPS) is 13.3. The average molecular weight is 347 g/mol. The standard InChI is InChI=1S/C19H17N5O2/c1-13-6-2-3-7-14(13)12-24-21-17(20-22-24)10-11-23-18(25)15-8-4-5-9-16(15)19(23)26/h2-9H,10-12H2,1H3. The summed E-state index contributed by atoms with van der Waals surface area (Å²) < 4.78 is 0. The van der Waals surface area contributed by atoms with Gasteiger partial charge in [-0.1, -0.05) is 36.4 Å². The van der Waals surface area contributed by atoms with Crippen LogP contribution >= 0.6 is 0 Å². The quantitative estimate of drug-likeness (QED) is 0.658. The third-order valence-corrected chi connectivity index (χ3v) is 4.50. The Kier molecular flexibility index (Phi) is 4.04. The molecule has 2 heterocycles. The third kappa shape index (κ3) is 2.88. The van der Waals surface area contributed by atoms with E-state index in [9.17, 15) is 9.59 Å². The lowest BCUT2D eigenvalue weighted by Gasteiger charge is -2.11. The van der Waals surface area contributed by atoms with E-state index in [1.54, 1.807) is 24.3 Å². The highest BCUT2D eigenvalue weighted by molar-refractivity contribution is 6.21. The summed E-state index contributed by atoms with van der Waals surface area (Å²) in [6.07, 6.45) is 0.374. The molecule has 2 amide bonds. The van der Waals surface area contributed by atoms with Crippen LogP contribution in [0.4, 0.5) is 0 Å². The second-order valence-corrected chi connectivity index (χ2v) is 6.22. The summed E-state index contributed by atoms with van der Waals surface area (Å²) in [5, 5.41) is 12.4. The largest absolute Gasteiger partial charge is 0.274 e. The predicted octanol–water partition coefficient (Wildman–Crippen LogP) is 1.87. The van der Waals surface area contributed by atoms with E-state index in [4.69, 9.17) is 0 Å². The summed E-state index contributed by atoms with van der Waals surface area (Å²) in [6, 6.07) is 14.9. The molecule has 7 nitrogen and oxygen atoms in total. The number of carbonyl (C=O) groups excluding carboxylic acids is 2. The van der Waals surface area contributed by atoms with E-state index in [0.29, 0.717) is 29.9 Å². The SMILES string of the molecule is Cc1ccccc1Cn1nnc(CCN2C(=O)c3ccccc3C2=O)n1. The molecule has 0 fully saturated rings. The summed E-state index contributed by atoms with van der Waals surface area (Å²) >= 11 is 0. The van der Waals surface area contributed by atoms with Crippen LogP contribution < -0.4 is 0 Å². The first kappa shape index (κ1) is 16.1. The van der Waals surface area contributed by atoms with Crippen LogP contribution in [-0.2, 0) is 13.0 Å². The Morgan fingerprint density at radius 2 is 1.58 bits per heavy atom. The molecule has 1 aliphatic rings. The van der Waals surface area contributed by atoms with Crippen molar-refractivity contribution in [2.45, 2.75) is 19.9 Å². The van der Waals surface area contributed by atoms with Gasteiger partial charge in [-0.05, 0) is 35.4 Å². The van der Waals surface area contributed by atoms with Crippen LogP contribution in [0.2, 0.25) is 0 Å². The number of hydrogen-bond acceptors (Lipinski definition) is 5. The number of rotatable bonds is 5. The van der Waals surface area contributed by atoms with Crippen LogP contribution in [0.5, 0.6) is 0 Å². The third-order valence-electron chi connectivity index (χ3n) is 4.50. The maximum absolute atomic E-state index is 12.4. The fraction of sp³-hybridized carbons (Fsp3) is 0.211. The van der Waals surface area contributed by atoms with E-state index >= 15 is 0 Å². The first-order chi connectivity index (χ1) is 12.6. The van der Waals surface area contributed by atoms with E-state index in [0.717, 1.165) is 11.1 Å². The van der Waals surface area contributed by atoms with E-state index in [1.807, 2.05) is 31.2 Å². The molecule has 26 heavy (non-hydrogen) atoms. The second-order valence-electron chi connectivity index (χ2n) is 6.22. The minimum Gasteiger partial charge on any atom is -0.274 e. The maximum Gasteiger partial charge on any atom is 0.261 e. The summed E-state index contributed by atoms with van der Waals surface area (Å²) in [6.45, 7) is 2.81. The van der Waals surface area contributed by atoms with Crippen LogP contribution in [0.1, 0.15) is 37.7 Å². The van der Waals surface area contributed by atoms with Gasteiger partial charge >= 0.3 is 0 Å². The van der Waals surface area contributed by atoms with E-state index in [2.05, 4.69) is 15.4 Å². The van der Waals surface area contributed by atoms with E-state index < -0.39 is 0 Å². The predicted molar refractivity (Wildman–Crippen MR) is 93.6 cm³/mol. The number of nitrogens with zero attached hydrogens (tertiary/aromatic N) is 5. The molecule has 0 bridgehead atoms. The molecule has 2 aromatic carbocycles. The molecule has 0 N–H and O–H groups in total. The molecule has 0 aliphatic carbocycles. The molecular weight excluding hydrogens is 330 g/mol. The minimum atomic E-state index is -0.266. The Morgan fingerprint density at radius 3 is 2.27 bits per heavy atom. The van der Waals surface area contributed by atoms with Crippen molar-refractivity contribution in [3.05, 3.63) is 76.6 Å². The van der Waals surface area contributed by atoms with Crippen LogP contribution in [0.15, 0.2) is 48.5 Å². The molecular formula is C19H17N5O2. The van der Waals surface area contributed by atoms with Crippen LogP contribution in [0, 0.1) is 6.92 Å². The number of fused-ring (bicyclic) bond motifs is 1. The van der Waals surface area contributed by atoms with Crippen LogP contribution in [0.25, 0.3) is 0 Å². The first-order valence-electron chi connectivity index (χ1n) is 8.40. The number of tetrazole rings is 1. The van der Waals surface area contributed by atoms with Gasteiger partial charge in [0, 0.05) is 13.0 Å². The van der Waals surface area contributed by atoms with Crippen LogP contribution in [-0.4, -0.2) is 43.5 Å². The van der Waals surface area contributed by atoms with Gasteiger partial charge in [-0.25, -0.2) is 0 Å². The van der Waals surface area contributed by atoms with E-state index in [1.165, 1.54) is 9.70 Å². The highest BCUT2D eigenvalue weighted by Crippen LogP contribution is 2.22. The molecule has 1 aromatic heterocycles. The van der Waals surface area contributed by atoms with Crippen molar-refractivity contribution in [1.82, 2.24) is 25.1 Å². The van der Waals surface area contributed by atoms with Gasteiger partial charge in [0.15, 0.2) is 5.82 Å². The number of imide groups is 1. The fourth-order valence-electron chi connectivity index (χ4n) is 3.04. The zero-order valence-electron chi connectivity index (χ0n) is 14.3. The maximum atomic E-state index is 12.4. The van der Waals surface area contributed by atoms with Gasteiger partial charge in [-0.3, -0.25) is 14.5 Å². The lowest BCUT2D eigenvalue weighted by atomic mass is 10.1. The van der Waals surface area contributed by atoms with Gasteiger partial charge in [0.2, 0.25) is 0 Å². The average Bonchev–Trinajstić information content (AvgIpc) is 3.19. The number of aryl methyl sites for hydroxylation is 1. The Morgan fingerprint density at radius 1 is 0.923 bits per heavy atom. The molecule has 0 saturated heterocycles. The smallest absolute Gasteiger partial charge is 0.261 e. The monoisotopic (exact) mass is 347 g/mol. The van der Waals surface area contributed by atoms with E-state index in [-0.39, 0.29) is 18.4 Å². The molecule has 0 saturated carbocycles. The zero-order valence-corrected chi connectivity index (χ0v) is 14.3. The lowest BCUT2D eigenvalue weighted by molar-refractivity contribution is 0.0655. The van der Waals surface area contributed by atoms with Crippen molar-refractivity contribution < 1.29 is 9.59 Å². The van der Waals surface area contributed by atoms with Crippen LogP contribution in [0.3, 0.4) is 0 Å². The summed E-state index contributed by atoms with van der Waals surface area (Å²) in [5.74, 6) is -0.0223. The number of hydrogen-bond donors (Lipinski definition) is 0. The minimum absolute atomic E-state index is 0.238. The number of carbonyl (C=O) groups is 2. The van der Waals surface area contributed by atoms with Gasteiger partial charge in [0.25, 0.3) is 11.8 Å². The van der Waals surface area contributed by atoms with Crippen molar-refractivity contribution in [2.24, 2.45) is 0 Å². The first-order valence-corrected chi connectivity index (χ1v) is 8.40. The Labute approximate surface area is 150 Å². The van der Waals surface area contributed by atoms with Gasteiger partial charge in [-0.2, -0.15) is 4.80 Å². The Bertz CT molecular complexity index is 960. The summed E-state index contributed by atoms with van der Waals surface area (Å²) in [7, 11) is 0. The fourth-order valence-corrected chi connectivity index (χ4v) is 3.04. The second kappa shape index (κ2) is 6.51. The summed E-state index contributed by atoms with van der Waals surface area (Å²) in [4.78, 5) is 27.5. The van der Waals surface area contributed by atoms with Gasteiger partial charge in [-0.15, -0.1) is 10.2 Å². The van der Waals surface area contributed by atoms with Crippen molar-refractivity contribution in [3.8, 4) is 0 Å². The number of aromatic nitrogens is 4. The molecule has 4 rings (SSSR count). The topological polar surface area (TPSA) is 81.0 Å². The summed E-state index contributed by atoms with van der Waals surface area (Å²) in [5.41, 5.74) is 3.19. The molecule has 0 radical (unpaired) electrons. The van der Waals surface area contributed by atoms with Gasteiger partial charge < -0.3 is 0 Å². The molecule has 130 valence electrons. The molecule has 0 atom stereocenters. The van der Waals surface area contributed by atoms with Crippen molar-refractivity contribution in [3.63, 3.8) is 0 Å². The van der Waals surface area contributed by atoms with Crippen molar-refractivity contribution in [2.75, 3.05) is 6.54 Å². The highest BCUT2D eigenvalue weighted by atomic mass is 16.2. The number of amides is 2. The zero-order chi connectivity index (χ0) is 18.1. The van der Waals surface area contributed by atoms with Crippen molar-refractivity contribution in [1.29, 1.82) is 0 Å². The number of benzene rings is 2. The highest BCUT2D eigenvalue weighted by Gasteiger charge is 2.34. The molecule has 0 spiro atoms. The van der Waals surface area contributed by atoms with Gasteiger partial charge in [0.1, 0.15) is 0 Å². The van der Waals surface area contributed by atoms with Gasteiger partial charge in [0.05, 0.1) is 17.7 Å². The Hall–Kier alpha value is -3.35. The lowest BCUT2D eigenvalue weighted by Crippen LogP contribution is -2.32. The van der Waals surface area contributed by atoms with Crippen molar-refractivity contribution >= 4 is 11.8 Å². The Balaban J connectivity index is 1.42. The molecule has 0 unspecified atom stereocenters. The molecule has 1 aliphatic heterocycles. The molecule has 7 heteroatoms.